The molecular weight excluding hydrogens is 435 g/mol. The van der Waals surface area contributed by atoms with Gasteiger partial charge in [-0.1, -0.05) is 48.5 Å². The molecule has 5 rings (SSSR count). The molecule has 0 radical (unpaired) electrons. The fraction of sp³-hybridized carbons (Fsp3) is 0.0769. The minimum absolute atomic E-state index is 0.0580. The Balaban J connectivity index is 1.66. The summed E-state index contributed by atoms with van der Waals surface area (Å²) in [5, 5.41) is 2.83. The monoisotopic (exact) mass is 454 g/mol. The van der Waals surface area contributed by atoms with E-state index in [9.17, 15) is 18.8 Å². The summed E-state index contributed by atoms with van der Waals surface area (Å²) in [6, 6.07) is 19.7. The molecule has 1 aromatic heterocycles. The van der Waals surface area contributed by atoms with Gasteiger partial charge >= 0.3 is 0 Å². The molecule has 0 aliphatic carbocycles. The van der Waals surface area contributed by atoms with E-state index < -0.39 is 29.6 Å². The molecule has 0 saturated heterocycles. The van der Waals surface area contributed by atoms with Gasteiger partial charge in [-0.05, 0) is 35.9 Å². The van der Waals surface area contributed by atoms with Gasteiger partial charge in [0.15, 0.2) is 6.04 Å². The van der Waals surface area contributed by atoms with Crippen molar-refractivity contribution in [2.24, 2.45) is 0 Å². The van der Waals surface area contributed by atoms with Crippen molar-refractivity contribution in [3.8, 4) is 0 Å². The van der Waals surface area contributed by atoms with Gasteiger partial charge in [-0.3, -0.25) is 23.9 Å². The molecule has 1 unspecified atom stereocenters. The highest BCUT2D eigenvalue weighted by Gasteiger charge is 2.40. The van der Waals surface area contributed by atoms with Gasteiger partial charge in [-0.25, -0.2) is 9.37 Å². The normalized spacial score (nSPS) is 15.2. The SMILES string of the molecule is O=C(NCc1ccccc1)C1c2nccn2C(=O)c2ccccc2C(=O)N1c1cccc(F)c1. The van der Waals surface area contributed by atoms with Gasteiger partial charge in [0.05, 0.1) is 11.1 Å². The molecule has 1 aliphatic rings. The number of hydrogen-bond donors (Lipinski definition) is 1. The Morgan fingerprint density at radius 3 is 2.35 bits per heavy atom. The van der Waals surface area contributed by atoms with Crippen LogP contribution in [0.3, 0.4) is 0 Å². The number of nitrogens with one attached hydrogen (secondary N) is 1. The van der Waals surface area contributed by atoms with Crippen LogP contribution >= 0.6 is 0 Å². The van der Waals surface area contributed by atoms with Crippen molar-refractivity contribution in [1.82, 2.24) is 14.9 Å². The summed E-state index contributed by atoms with van der Waals surface area (Å²) in [6.07, 6.45) is 2.85. The van der Waals surface area contributed by atoms with E-state index in [1.54, 1.807) is 18.2 Å². The maximum Gasteiger partial charge on any atom is 0.264 e. The summed E-state index contributed by atoms with van der Waals surface area (Å²) < 4.78 is 15.5. The van der Waals surface area contributed by atoms with Crippen LogP contribution in [0.4, 0.5) is 10.1 Å². The van der Waals surface area contributed by atoms with Crippen molar-refractivity contribution >= 4 is 23.4 Å². The Morgan fingerprint density at radius 1 is 0.912 bits per heavy atom. The van der Waals surface area contributed by atoms with E-state index >= 15 is 0 Å². The smallest absolute Gasteiger partial charge is 0.264 e. The number of halogens is 1. The third-order valence-corrected chi connectivity index (χ3v) is 5.64. The number of nitrogens with zero attached hydrogens (tertiary/aromatic N) is 3. The van der Waals surface area contributed by atoms with Gasteiger partial charge in [-0.2, -0.15) is 0 Å². The number of fused-ring (bicyclic) bond motifs is 2. The summed E-state index contributed by atoms with van der Waals surface area (Å²) in [7, 11) is 0. The first-order valence-corrected chi connectivity index (χ1v) is 10.6. The molecule has 2 amide bonds. The van der Waals surface area contributed by atoms with E-state index in [4.69, 9.17) is 0 Å². The number of carbonyl (C=O) groups excluding carboxylic acids is 3. The van der Waals surface area contributed by atoms with Crippen LogP contribution in [0.15, 0.2) is 91.3 Å². The Kier molecular flexibility index (Phi) is 5.47. The van der Waals surface area contributed by atoms with Crippen LogP contribution in [0.1, 0.15) is 38.1 Å². The standard InChI is InChI=1S/C26H19FN4O3/c27-18-9-6-10-19(15-18)31-22(24(32)29-16-17-7-2-1-3-8-17)23-28-13-14-30(23)25(33)20-11-4-5-12-21(20)26(31)34/h1-15,22H,16H2,(H,29,32). The lowest BCUT2D eigenvalue weighted by Gasteiger charge is -2.33. The van der Waals surface area contributed by atoms with Crippen LogP contribution < -0.4 is 10.2 Å². The maximum absolute atomic E-state index is 14.2. The van der Waals surface area contributed by atoms with Gasteiger partial charge in [-0.15, -0.1) is 0 Å². The average Bonchev–Trinajstić information content (AvgIpc) is 3.34. The second-order valence-electron chi connectivity index (χ2n) is 7.77. The summed E-state index contributed by atoms with van der Waals surface area (Å²) in [5.41, 5.74) is 1.30. The van der Waals surface area contributed by atoms with Crippen molar-refractivity contribution in [3.05, 3.63) is 120 Å². The lowest BCUT2D eigenvalue weighted by atomic mass is 10.0. The Bertz CT molecular complexity index is 1400. The third-order valence-electron chi connectivity index (χ3n) is 5.64. The van der Waals surface area contributed by atoms with Crippen LogP contribution in [0.2, 0.25) is 0 Å². The molecule has 2 heterocycles. The first-order valence-electron chi connectivity index (χ1n) is 10.6. The molecule has 168 valence electrons. The van der Waals surface area contributed by atoms with Crippen LogP contribution in [0.25, 0.3) is 0 Å². The maximum atomic E-state index is 14.2. The molecule has 3 aromatic carbocycles. The first-order chi connectivity index (χ1) is 16.5. The highest BCUT2D eigenvalue weighted by atomic mass is 19.1. The summed E-state index contributed by atoms with van der Waals surface area (Å²) in [4.78, 5) is 46.1. The molecule has 0 fully saturated rings. The first kappa shape index (κ1) is 21.3. The molecular formula is C26H19FN4O3. The summed E-state index contributed by atoms with van der Waals surface area (Å²) in [6.45, 7) is 0.201. The topological polar surface area (TPSA) is 84.3 Å². The fourth-order valence-corrected chi connectivity index (χ4v) is 4.05. The fourth-order valence-electron chi connectivity index (χ4n) is 4.05. The number of hydrogen-bond acceptors (Lipinski definition) is 4. The molecule has 7 nitrogen and oxygen atoms in total. The molecule has 1 aliphatic heterocycles. The van der Waals surface area contributed by atoms with Crippen molar-refractivity contribution in [2.75, 3.05) is 4.90 Å². The Labute approximate surface area is 194 Å². The Morgan fingerprint density at radius 2 is 1.62 bits per heavy atom. The van der Waals surface area contributed by atoms with Gasteiger partial charge < -0.3 is 5.32 Å². The van der Waals surface area contributed by atoms with Crippen molar-refractivity contribution in [1.29, 1.82) is 0 Å². The highest BCUT2D eigenvalue weighted by Crippen LogP contribution is 2.32. The quantitative estimate of drug-likeness (QED) is 0.509. The number of amides is 2. The van der Waals surface area contributed by atoms with E-state index in [0.29, 0.717) is 0 Å². The third kappa shape index (κ3) is 3.75. The molecule has 4 aromatic rings. The number of aromatic nitrogens is 2. The Hall–Kier alpha value is -4.59. The highest BCUT2D eigenvalue weighted by molar-refractivity contribution is 6.16. The van der Waals surface area contributed by atoms with E-state index in [-0.39, 0.29) is 29.2 Å². The molecule has 0 bridgehead atoms. The lowest BCUT2D eigenvalue weighted by Crippen LogP contribution is -2.47. The van der Waals surface area contributed by atoms with Crippen molar-refractivity contribution in [3.63, 3.8) is 0 Å². The minimum atomic E-state index is -1.31. The second kappa shape index (κ2) is 8.74. The van der Waals surface area contributed by atoms with Crippen molar-refractivity contribution in [2.45, 2.75) is 12.6 Å². The van der Waals surface area contributed by atoms with E-state index in [2.05, 4.69) is 10.3 Å². The average molecular weight is 454 g/mol. The zero-order valence-corrected chi connectivity index (χ0v) is 17.9. The van der Waals surface area contributed by atoms with Crippen LogP contribution in [0.5, 0.6) is 0 Å². The number of benzene rings is 3. The van der Waals surface area contributed by atoms with E-state index in [1.165, 1.54) is 52.2 Å². The molecule has 0 saturated carbocycles. The van der Waals surface area contributed by atoms with Gasteiger partial charge in [0.1, 0.15) is 11.6 Å². The molecule has 0 spiro atoms. The predicted octanol–water partition coefficient (Wildman–Crippen LogP) is 3.73. The van der Waals surface area contributed by atoms with Crippen molar-refractivity contribution < 1.29 is 18.8 Å². The molecule has 1 N–H and O–H groups in total. The molecule has 8 heteroatoms. The number of anilines is 1. The molecule has 1 atom stereocenters. The summed E-state index contributed by atoms with van der Waals surface area (Å²) >= 11 is 0. The largest absolute Gasteiger partial charge is 0.350 e. The lowest BCUT2D eigenvalue weighted by molar-refractivity contribution is -0.122. The van der Waals surface area contributed by atoms with Gasteiger partial charge in [0.2, 0.25) is 0 Å². The zero-order valence-electron chi connectivity index (χ0n) is 17.9. The van der Waals surface area contributed by atoms with Gasteiger partial charge in [0.25, 0.3) is 17.7 Å². The van der Waals surface area contributed by atoms with E-state index in [1.807, 2.05) is 30.3 Å². The number of rotatable bonds is 4. The van der Waals surface area contributed by atoms with E-state index in [0.717, 1.165) is 5.56 Å². The second-order valence-corrected chi connectivity index (χ2v) is 7.77. The minimum Gasteiger partial charge on any atom is -0.350 e. The van der Waals surface area contributed by atoms with Crippen LogP contribution in [0, 0.1) is 5.82 Å². The van der Waals surface area contributed by atoms with Crippen LogP contribution in [-0.4, -0.2) is 27.3 Å². The number of imidazole rings is 1. The van der Waals surface area contributed by atoms with Gasteiger partial charge in [0, 0.05) is 24.6 Å². The molecule has 34 heavy (non-hydrogen) atoms. The number of carbonyl (C=O) groups is 3. The zero-order chi connectivity index (χ0) is 23.7. The van der Waals surface area contributed by atoms with Crippen LogP contribution in [-0.2, 0) is 11.3 Å². The predicted molar refractivity (Wildman–Crippen MR) is 123 cm³/mol. The summed E-state index contributed by atoms with van der Waals surface area (Å²) in [5.74, 6) is -2.15.